The number of nitrogens with zero attached hydrogens (tertiary/aromatic N) is 3. The summed E-state index contributed by atoms with van der Waals surface area (Å²) in [6, 6.07) is 7.43. The Morgan fingerprint density at radius 3 is 2.40 bits per heavy atom. The summed E-state index contributed by atoms with van der Waals surface area (Å²) in [4.78, 5) is 9.00. The van der Waals surface area contributed by atoms with Crippen LogP contribution in [0.1, 0.15) is 18.4 Å². The van der Waals surface area contributed by atoms with Crippen LogP contribution in [0.2, 0.25) is 0 Å². The molecule has 2 heterocycles. The number of unbranched alkanes of at least 4 members (excludes halogenated alkanes) is 1. The normalized spacial score (nSPS) is 16.6. The minimum absolute atomic E-state index is 0.387. The van der Waals surface area contributed by atoms with E-state index in [1.54, 1.807) is 0 Å². The summed E-state index contributed by atoms with van der Waals surface area (Å²) in [6.45, 7) is 5.31. The minimum Gasteiger partial charge on any atom is -0.354 e. The molecule has 0 bridgehead atoms. The third kappa shape index (κ3) is 4.41. The zero-order chi connectivity index (χ0) is 17.9. The number of benzene rings is 1. The van der Waals surface area contributed by atoms with E-state index in [2.05, 4.69) is 14.8 Å². The number of anilines is 1. The van der Waals surface area contributed by atoms with E-state index >= 15 is 0 Å². The molecule has 1 aliphatic rings. The van der Waals surface area contributed by atoms with Crippen molar-refractivity contribution in [2.24, 2.45) is 5.73 Å². The van der Waals surface area contributed by atoms with Gasteiger partial charge >= 0.3 is 6.18 Å². The molecule has 0 unspecified atom stereocenters. The second kappa shape index (κ2) is 7.58. The number of piperazine rings is 1. The van der Waals surface area contributed by atoms with E-state index in [9.17, 15) is 13.2 Å². The number of halogens is 3. The highest BCUT2D eigenvalue weighted by molar-refractivity contribution is 5.81. The zero-order valence-electron chi connectivity index (χ0n) is 14.1. The monoisotopic (exact) mass is 352 g/mol. The molecular weight excluding hydrogens is 329 g/mol. The van der Waals surface area contributed by atoms with Crippen LogP contribution in [0.25, 0.3) is 10.9 Å². The van der Waals surface area contributed by atoms with Gasteiger partial charge in [0.25, 0.3) is 0 Å². The van der Waals surface area contributed by atoms with Crippen LogP contribution in [-0.2, 0) is 6.18 Å². The van der Waals surface area contributed by atoms with Gasteiger partial charge < -0.3 is 10.6 Å². The first-order chi connectivity index (χ1) is 12.0. The van der Waals surface area contributed by atoms with Crippen LogP contribution >= 0.6 is 0 Å². The van der Waals surface area contributed by atoms with E-state index in [0.717, 1.165) is 75.4 Å². The summed E-state index contributed by atoms with van der Waals surface area (Å²) in [6.07, 6.45) is -2.21. The van der Waals surface area contributed by atoms with Crippen molar-refractivity contribution < 1.29 is 13.2 Å². The van der Waals surface area contributed by atoms with E-state index < -0.39 is 11.7 Å². The smallest absolute Gasteiger partial charge is 0.354 e. The fraction of sp³-hybridized carbons (Fsp3) is 0.500. The predicted molar refractivity (Wildman–Crippen MR) is 93.7 cm³/mol. The van der Waals surface area contributed by atoms with Gasteiger partial charge in [0, 0.05) is 31.6 Å². The van der Waals surface area contributed by atoms with Crippen molar-refractivity contribution in [1.29, 1.82) is 0 Å². The molecule has 0 saturated carbocycles. The van der Waals surface area contributed by atoms with Crippen molar-refractivity contribution in [2.75, 3.05) is 44.2 Å². The van der Waals surface area contributed by atoms with Gasteiger partial charge in [0.2, 0.25) is 0 Å². The molecule has 136 valence electrons. The Morgan fingerprint density at radius 2 is 1.72 bits per heavy atom. The van der Waals surface area contributed by atoms with E-state index in [1.807, 2.05) is 12.1 Å². The Kier molecular flexibility index (Phi) is 5.44. The summed E-state index contributed by atoms with van der Waals surface area (Å²) in [5.41, 5.74) is 5.25. The van der Waals surface area contributed by atoms with Crippen molar-refractivity contribution >= 4 is 16.7 Å². The van der Waals surface area contributed by atoms with Gasteiger partial charge in [0.15, 0.2) is 0 Å². The van der Waals surface area contributed by atoms with Crippen LogP contribution in [0.15, 0.2) is 30.3 Å². The van der Waals surface area contributed by atoms with E-state index in [0.29, 0.717) is 5.52 Å². The highest BCUT2D eigenvalue weighted by Gasteiger charge is 2.30. The zero-order valence-corrected chi connectivity index (χ0v) is 14.1. The molecule has 2 N–H and O–H groups in total. The van der Waals surface area contributed by atoms with E-state index in [4.69, 9.17) is 5.73 Å². The number of rotatable bonds is 5. The lowest BCUT2D eigenvalue weighted by Crippen LogP contribution is -2.47. The number of hydrogen-bond acceptors (Lipinski definition) is 4. The maximum absolute atomic E-state index is 12.9. The Morgan fingerprint density at radius 1 is 1.00 bits per heavy atom. The van der Waals surface area contributed by atoms with Crippen molar-refractivity contribution in [3.8, 4) is 0 Å². The second-order valence-corrected chi connectivity index (χ2v) is 6.40. The van der Waals surface area contributed by atoms with Crippen LogP contribution in [0.5, 0.6) is 0 Å². The Bertz CT molecular complexity index is 709. The fourth-order valence-electron chi connectivity index (χ4n) is 3.14. The predicted octanol–water partition coefficient (Wildman–Crippen LogP) is 3.11. The number of fused-ring (bicyclic) bond motifs is 1. The number of alkyl halides is 3. The molecule has 4 nitrogen and oxygen atoms in total. The summed E-state index contributed by atoms with van der Waals surface area (Å²) in [5, 5.41) is 0.720. The van der Waals surface area contributed by atoms with Crippen LogP contribution in [0.4, 0.5) is 19.0 Å². The van der Waals surface area contributed by atoms with Crippen molar-refractivity contribution in [2.45, 2.75) is 19.0 Å². The molecule has 1 aliphatic heterocycles. The maximum Gasteiger partial charge on any atom is 0.416 e. The van der Waals surface area contributed by atoms with Gasteiger partial charge in [-0.25, -0.2) is 4.98 Å². The molecule has 3 rings (SSSR count). The third-order valence-corrected chi connectivity index (χ3v) is 4.63. The van der Waals surface area contributed by atoms with Gasteiger partial charge in [-0.05, 0) is 50.2 Å². The van der Waals surface area contributed by atoms with Crippen LogP contribution in [0, 0.1) is 0 Å². The van der Waals surface area contributed by atoms with E-state index in [1.165, 1.54) is 6.07 Å². The largest absolute Gasteiger partial charge is 0.416 e. The molecule has 1 saturated heterocycles. The highest BCUT2D eigenvalue weighted by atomic mass is 19.4. The van der Waals surface area contributed by atoms with Gasteiger partial charge in [-0.3, -0.25) is 4.90 Å². The second-order valence-electron chi connectivity index (χ2n) is 6.40. The molecule has 25 heavy (non-hydrogen) atoms. The lowest BCUT2D eigenvalue weighted by molar-refractivity contribution is -0.137. The van der Waals surface area contributed by atoms with E-state index in [-0.39, 0.29) is 0 Å². The molecular formula is C18H23F3N4. The van der Waals surface area contributed by atoms with Crippen LogP contribution in [-0.4, -0.2) is 49.2 Å². The molecule has 1 fully saturated rings. The van der Waals surface area contributed by atoms with Crippen molar-refractivity contribution in [3.63, 3.8) is 0 Å². The molecule has 0 amide bonds. The first-order valence-corrected chi connectivity index (χ1v) is 8.63. The Labute approximate surface area is 145 Å². The molecule has 0 radical (unpaired) electrons. The molecule has 0 spiro atoms. The first kappa shape index (κ1) is 17.9. The summed E-state index contributed by atoms with van der Waals surface area (Å²) < 4.78 is 38.7. The molecule has 7 heteroatoms. The number of hydrogen-bond donors (Lipinski definition) is 1. The Balaban J connectivity index is 1.70. The van der Waals surface area contributed by atoms with Crippen molar-refractivity contribution in [1.82, 2.24) is 9.88 Å². The average molecular weight is 352 g/mol. The average Bonchev–Trinajstić information content (AvgIpc) is 2.61. The van der Waals surface area contributed by atoms with Crippen molar-refractivity contribution in [3.05, 3.63) is 35.9 Å². The fourth-order valence-corrected chi connectivity index (χ4v) is 3.14. The minimum atomic E-state index is -4.35. The maximum atomic E-state index is 12.9. The SMILES string of the molecule is NCCCCN1CCN(c2ccc3ccc(C(F)(F)F)cc3n2)CC1. The topological polar surface area (TPSA) is 45.4 Å². The van der Waals surface area contributed by atoms with Gasteiger partial charge in [-0.1, -0.05) is 6.07 Å². The Hall–Kier alpha value is -1.86. The van der Waals surface area contributed by atoms with Crippen LogP contribution in [0.3, 0.4) is 0 Å². The first-order valence-electron chi connectivity index (χ1n) is 8.63. The van der Waals surface area contributed by atoms with Gasteiger partial charge in [-0.2, -0.15) is 13.2 Å². The number of nitrogens with two attached hydrogens (primary N) is 1. The number of aromatic nitrogens is 1. The highest BCUT2D eigenvalue weighted by Crippen LogP contribution is 2.31. The summed E-state index contributed by atoms with van der Waals surface area (Å²) >= 11 is 0. The molecule has 0 atom stereocenters. The molecule has 1 aromatic carbocycles. The quantitative estimate of drug-likeness (QED) is 0.840. The lowest BCUT2D eigenvalue weighted by atomic mass is 10.1. The van der Waals surface area contributed by atoms with Gasteiger partial charge in [0.05, 0.1) is 11.1 Å². The summed E-state index contributed by atoms with van der Waals surface area (Å²) in [5.74, 6) is 0.744. The lowest BCUT2D eigenvalue weighted by Gasteiger charge is -2.35. The summed E-state index contributed by atoms with van der Waals surface area (Å²) in [7, 11) is 0. The van der Waals surface area contributed by atoms with Crippen LogP contribution < -0.4 is 10.6 Å². The van der Waals surface area contributed by atoms with Gasteiger partial charge in [0.1, 0.15) is 5.82 Å². The molecule has 2 aromatic rings. The van der Waals surface area contributed by atoms with Gasteiger partial charge in [-0.15, -0.1) is 0 Å². The standard InChI is InChI=1S/C18H23F3N4/c19-18(20,21)15-5-3-14-4-6-17(23-16(14)13-15)25-11-9-24(10-12-25)8-2-1-7-22/h3-6,13H,1-2,7-12,22H2. The molecule has 1 aromatic heterocycles. The molecule has 0 aliphatic carbocycles. The third-order valence-electron chi connectivity index (χ3n) is 4.63. The number of pyridine rings is 1.